The summed E-state index contributed by atoms with van der Waals surface area (Å²) in [6, 6.07) is 15.6. The van der Waals surface area contributed by atoms with E-state index < -0.39 is 0 Å². The second kappa shape index (κ2) is 9.18. The number of benzene rings is 2. The van der Waals surface area contributed by atoms with E-state index in [1.807, 2.05) is 80.9 Å². The fraction of sp³-hybridized carbons (Fsp3) is 0.217. The maximum absolute atomic E-state index is 12.7. The molecule has 0 unspecified atom stereocenters. The highest BCUT2D eigenvalue weighted by atomic mass is 35.5. The number of hydrogen-bond acceptors (Lipinski definition) is 5. The summed E-state index contributed by atoms with van der Waals surface area (Å²) in [5.74, 6) is 0.756. The fourth-order valence-electron chi connectivity index (χ4n) is 3.34. The first-order chi connectivity index (χ1) is 15.3. The number of nitrogens with one attached hydrogen (secondary N) is 1. The molecule has 1 N–H and O–H groups in total. The molecule has 0 aliphatic carbocycles. The Labute approximate surface area is 195 Å². The average molecular weight is 467 g/mol. The average Bonchev–Trinajstić information content (AvgIpc) is 3.29. The number of aryl methyl sites for hydroxylation is 3. The molecule has 0 aliphatic heterocycles. The molecule has 0 saturated carbocycles. The number of rotatable bonds is 6. The van der Waals surface area contributed by atoms with Crippen molar-refractivity contribution in [1.82, 2.24) is 24.5 Å². The maximum Gasteiger partial charge on any atom is 0.234 e. The van der Waals surface area contributed by atoms with E-state index >= 15 is 0 Å². The Balaban J connectivity index is 1.61. The van der Waals surface area contributed by atoms with Crippen LogP contribution >= 0.6 is 23.4 Å². The van der Waals surface area contributed by atoms with Crippen molar-refractivity contribution in [2.75, 3.05) is 11.1 Å². The van der Waals surface area contributed by atoms with E-state index in [1.54, 1.807) is 4.68 Å². The van der Waals surface area contributed by atoms with Gasteiger partial charge >= 0.3 is 0 Å². The molecule has 0 saturated heterocycles. The van der Waals surface area contributed by atoms with Crippen LogP contribution in [0.15, 0.2) is 53.7 Å². The number of hydrogen-bond donors (Lipinski definition) is 1. The van der Waals surface area contributed by atoms with Crippen LogP contribution in [0.3, 0.4) is 0 Å². The molecule has 4 rings (SSSR count). The van der Waals surface area contributed by atoms with Gasteiger partial charge in [0.2, 0.25) is 5.91 Å². The van der Waals surface area contributed by atoms with Gasteiger partial charge < -0.3 is 5.32 Å². The lowest BCUT2D eigenvalue weighted by Gasteiger charge is -2.11. The summed E-state index contributed by atoms with van der Waals surface area (Å²) in [6.07, 6.45) is 0. The molecule has 9 heteroatoms. The SMILES string of the molecule is Cc1ccc(-n2c(SCC(=O)Nc3c(C)nn(C)c3C)nnc2-c2ccc(Cl)cc2)cc1. The molecule has 2 aromatic carbocycles. The van der Waals surface area contributed by atoms with Crippen molar-refractivity contribution < 1.29 is 4.79 Å². The number of anilines is 1. The molecule has 0 radical (unpaired) electrons. The largest absolute Gasteiger partial charge is 0.322 e. The molecule has 2 heterocycles. The quantitative estimate of drug-likeness (QED) is 0.405. The van der Waals surface area contributed by atoms with Gasteiger partial charge in [0.15, 0.2) is 11.0 Å². The Hall–Kier alpha value is -3.10. The number of nitrogens with zero attached hydrogens (tertiary/aromatic N) is 5. The molecule has 2 aromatic heterocycles. The van der Waals surface area contributed by atoms with Gasteiger partial charge in [-0.25, -0.2) is 0 Å². The summed E-state index contributed by atoms with van der Waals surface area (Å²) >= 11 is 7.39. The molecule has 0 fully saturated rings. The van der Waals surface area contributed by atoms with Crippen molar-refractivity contribution in [3.05, 3.63) is 70.5 Å². The lowest BCUT2D eigenvalue weighted by molar-refractivity contribution is -0.113. The van der Waals surface area contributed by atoms with E-state index in [1.165, 1.54) is 11.8 Å². The lowest BCUT2D eigenvalue weighted by atomic mass is 10.2. The summed E-state index contributed by atoms with van der Waals surface area (Å²) in [6.45, 7) is 5.84. The summed E-state index contributed by atoms with van der Waals surface area (Å²) in [7, 11) is 1.86. The van der Waals surface area contributed by atoms with Crippen molar-refractivity contribution in [2.24, 2.45) is 7.05 Å². The molecule has 0 spiro atoms. The molecular formula is C23H23ClN6OS. The number of carbonyl (C=O) groups is 1. The summed E-state index contributed by atoms with van der Waals surface area (Å²) in [4.78, 5) is 12.7. The van der Waals surface area contributed by atoms with E-state index in [9.17, 15) is 4.79 Å². The van der Waals surface area contributed by atoms with Crippen molar-refractivity contribution in [3.63, 3.8) is 0 Å². The van der Waals surface area contributed by atoms with Crippen LogP contribution in [-0.4, -0.2) is 36.2 Å². The molecule has 7 nitrogen and oxygen atoms in total. The van der Waals surface area contributed by atoms with Crippen molar-refractivity contribution >= 4 is 35.0 Å². The Bertz CT molecular complexity index is 1260. The van der Waals surface area contributed by atoms with Crippen LogP contribution in [0.1, 0.15) is 17.0 Å². The van der Waals surface area contributed by atoms with Gasteiger partial charge in [-0.3, -0.25) is 14.0 Å². The number of aromatic nitrogens is 5. The highest BCUT2D eigenvalue weighted by molar-refractivity contribution is 7.99. The van der Waals surface area contributed by atoms with Crippen LogP contribution in [-0.2, 0) is 11.8 Å². The monoisotopic (exact) mass is 466 g/mol. The zero-order chi connectivity index (χ0) is 22.8. The molecule has 32 heavy (non-hydrogen) atoms. The van der Waals surface area contributed by atoms with E-state index in [2.05, 4.69) is 20.6 Å². The smallest absolute Gasteiger partial charge is 0.234 e. The molecule has 1 amide bonds. The third-order valence-electron chi connectivity index (χ3n) is 5.13. The van der Waals surface area contributed by atoms with Crippen molar-refractivity contribution in [2.45, 2.75) is 25.9 Å². The van der Waals surface area contributed by atoms with Gasteiger partial charge in [-0.15, -0.1) is 10.2 Å². The zero-order valence-corrected chi connectivity index (χ0v) is 19.8. The normalized spacial score (nSPS) is 11.0. The fourth-order valence-corrected chi connectivity index (χ4v) is 4.21. The Morgan fingerprint density at radius 2 is 1.72 bits per heavy atom. The third-order valence-corrected chi connectivity index (χ3v) is 6.31. The lowest BCUT2D eigenvalue weighted by Crippen LogP contribution is -2.15. The maximum atomic E-state index is 12.7. The molecule has 0 bridgehead atoms. The first-order valence-corrected chi connectivity index (χ1v) is 11.4. The summed E-state index contributed by atoms with van der Waals surface area (Å²) in [5, 5.41) is 17.4. The number of carbonyl (C=O) groups excluding carboxylic acids is 1. The highest BCUT2D eigenvalue weighted by Crippen LogP contribution is 2.29. The summed E-state index contributed by atoms with van der Waals surface area (Å²) < 4.78 is 3.71. The molecule has 0 aliphatic rings. The minimum absolute atomic E-state index is 0.124. The Morgan fingerprint density at radius 3 is 2.34 bits per heavy atom. The Morgan fingerprint density at radius 1 is 1.03 bits per heavy atom. The predicted octanol–water partition coefficient (Wildman–Crippen LogP) is 4.98. The molecular weight excluding hydrogens is 444 g/mol. The van der Waals surface area contributed by atoms with E-state index in [0.717, 1.165) is 33.9 Å². The summed E-state index contributed by atoms with van der Waals surface area (Å²) in [5.41, 5.74) is 5.42. The molecule has 164 valence electrons. The third kappa shape index (κ3) is 4.56. The number of halogens is 1. The second-order valence-electron chi connectivity index (χ2n) is 7.49. The van der Waals surface area contributed by atoms with Gasteiger partial charge in [0.05, 0.1) is 22.8 Å². The minimum atomic E-state index is -0.124. The van der Waals surface area contributed by atoms with Gasteiger partial charge in [-0.05, 0) is 57.2 Å². The van der Waals surface area contributed by atoms with Crippen molar-refractivity contribution in [1.29, 1.82) is 0 Å². The number of thioether (sulfide) groups is 1. The van der Waals surface area contributed by atoms with E-state index in [0.29, 0.717) is 16.0 Å². The van der Waals surface area contributed by atoms with Gasteiger partial charge in [0.25, 0.3) is 0 Å². The van der Waals surface area contributed by atoms with E-state index in [-0.39, 0.29) is 11.7 Å². The van der Waals surface area contributed by atoms with Gasteiger partial charge in [0, 0.05) is 23.3 Å². The first kappa shape index (κ1) is 22.1. The van der Waals surface area contributed by atoms with Crippen LogP contribution in [0.4, 0.5) is 5.69 Å². The molecule has 0 atom stereocenters. The Kier molecular flexibility index (Phi) is 6.34. The van der Waals surface area contributed by atoms with Gasteiger partial charge in [-0.2, -0.15) is 5.10 Å². The highest BCUT2D eigenvalue weighted by Gasteiger charge is 2.18. The van der Waals surface area contributed by atoms with Gasteiger partial charge in [-0.1, -0.05) is 41.1 Å². The van der Waals surface area contributed by atoms with Crippen LogP contribution in [0.2, 0.25) is 5.02 Å². The number of amides is 1. The van der Waals surface area contributed by atoms with Crippen LogP contribution < -0.4 is 5.32 Å². The van der Waals surface area contributed by atoms with Crippen LogP contribution in [0, 0.1) is 20.8 Å². The standard InChI is InChI=1S/C23H23ClN6OS/c1-14-5-11-19(12-6-14)30-22(17-7-9-18(24)10-8-17)26-27-23(30)32-13-20(31)25-21-15(2)28-29(4)16(21)3/h5-12H,13H2,1-4H3,(H,25,31). The second-order valence-corrected chi connectivity index (χ2v) is 8.87. The zero-order valence-electron chi connectivity index (χ0n) is 18.3. The minimum Gasteiger partial charge on any atom is -0.322 e. The van der Waals surface area contributed by atoms with Crippen LogP contribution in [0.25, 0.3) is 17.1 Å². The predicted molar refractivity (Wildman–Crippen MR) is 129 cm³/mol. The van der Waals surface area contributed by atoms with Gasteiger partial charge in [0.1, 0.15) is 0 Å². The van der Waals surface area contributed by atoms with Crippen molar-refractivity contribution in [3.8, 4) is 17.1 Å². The topological polar surface area (TPSA) is 77.6 Å². The van der Waals surface area contributed by atoms with E-state index in [4.69, 9.17) is 11.6 Å². The van der Waals surface area contributed by atoms with Crippen LogP contribution in [0.5, 0.6) is 0 Å². The molecule has 4 aromatic rings. The first-order valence-electron chi connectivity index (χ1n) is 10.0.